The molecule has 1 unspecified atom stereocenters. The van der Waals surface area contributed by atoms with Gasteiger partial charge in [-0.05, 0) is 45.2 Å². The fourth-order valence-electron chi connectivity index (χ4n) is 3.52. The van der Waals surface area contributed by atoms with Gasteiger partial charge in [0, 0.05) is 12.6 Å². The van der Waals surface area contributed by atoms with Crippen LogP contribution in [0.1, 0.15) is 60.3 Å². The molecule has 0 aliphatic carbocycles. The third kappa shape index (κ3) is 6.33. The number of hydrogen-bond donors (Lipinski definition) is 2. The number of carbonyl (C=O) groups excluding carboxylic acids is 2. The molecule has 0 bridgehead atoms. The lowest BCUT2D eigenvalue weighted by atomic mass is 9.85. The first kappa shape index (κ1) is 24.1. The van der Waals surface area contributed by atoms with Crippen molar-refractivity contribution in [3.63, 3.8) is 0 Å². The molecule has 1 aliphatic rings. The van der Waals surface area contributed by atoms with Gasteiger partial charge in [0.2, 0.25) is 11.8 Å². The Morgan fingerprint density at radius 3 is 2.36 bits per heavy atom. The van der Waals surface area contributed by atoms with Crippen molar-refractivity contribution in [3.05, 3.63) is 11.6 Å². The van der Waals surface area contributed by atoms with Crippen LogP contribution >= 0.6 is 0 Å². The highest BCUT2D eigenvalue weighted by Gasteiger charge is 2.38. The molecule has 1 rings (SSSR count). The number of likely N-dealkylation sites (tertiary alicyclic amines) is 1. The summed E-state index contributed by atoms with van der Waals surface area (Å²) >= 11 is 0. The van der Waals surface area contributed by atoms with Gasteiger partial charge in [-0.15, -0.1) is 0 Å². The van der Waals surface area contributed by atoms with Crippen molar-refractivity contribution < 1.29 is 19.5 Å². The minimum atomic E-state index is -1.000. The molecule has 0 aromatic heterocycles. The molecule has 1 fully saturated rings. The number of carboxylic acid groups (broad SMARTS) is 1. The van der Waals surface area contributed by atoms with E-state index < -0.39 is 17.4 Å². The number of carbonyl (C=O) groups is 3. The van der Waals surface area contributed by atoms with E-state index in [0.717, 1.165) is 25.8 Å². The number of likely N-dealkylation sites (N-methyl/N-ethyl adjacent to an activating group) is 2. The van der Waals surface area contributed by atoms with Gasteiger partial charge in [0.1, 0.15) is 6.04 Å². The Morgan fingerprint density at radius 1 is 1.29 bits per heavy atom. The molecule has 3 atom stereocenters. The molecule has 160 valence electrons. The second-order valence-corrected chi connectivity index (χ2v) is 8.88. The molecule has 1 heterocycles. The average Bonchev–Trinajstić information content (AvgIpc) is 2.61. The summed E-state index contributed by atoms with van der Waals surface area (Å²) in [4.78, 5) is 40.9. The topological polar surface area (TPSA) is 90.0 Å². The first-order chi connectivity index (χ1) is 12.9. The Morgan fingerprint density at radius 2 is 1.89 bits per heavy atom. The van der Waals surface area contributed by atoms with Gasteiger partial charge in [-0.3, -0.25) is 14.5 Å². The van der Waals surface area contributed by atoms with Crippen LogP contribution in [0.25, 0.3) is 0 Å². The summed E-state index contributed by atoms with van der Waals surface area (Å²) in [7, 11) is 3.61. The van der Waals surface area contributed by atoms with Crippen molar-refractivity contribution in [2.45, 2.75) is 78.4 Å². The van der Waals surface area contributed by atoms with Gasteiger partial charge in [0.25, 0.3) is 0 Å². The van der Waals surface area contributed by atoms with Crippen molar-refractivity contribution >= 4 is 17.8 Å². The van der Waals surface area contributed by atoms with Gasteiger partial charge in [-0.25, -0.2) is 4.79 Å². The van der Waals surface area contributed by atoms with Gasteiger partial charge in [0.05, 0.1) is 12.1 Å². The third-order valence-corrected chi connectivity index (χ3v) is 5.52. The maximum absolute atomic E-state index is 13.3. The number of carboxylic acids is 1. The zero-order valence-corrected chi connectivity index (χ0v) is 18.4. The first-order valence-corrected chi connectivity index (χ1v) is 10.1. The molecular weight excluding hydrogens is 358 g/mol. The van der Waals surface area contributed by atoms with Gasteiger partial charge in [-0.1, -0.05) is 40.2 Å². The van der Waals surface area contributed by atoms with E-state index in [0.29, 0.717) is 6.42 Å². The molecular formula is C21H37N3O4. The summed E-state index contributed by atoms with van der Waals surface area (Å²) in [6, 6.07) is -1.25. The number of hydrogen-bond acceptors (Lipinski definition) is 4. The monoisotopic (exact) mass is 395 g/mol. The van der Waals surface area contributed by atoms with Crippen molar-refractivity contribution in [2.75, 3.05) is 20.6 Å². The van der Waals surface area contributed by atoms with Crippen LogP contribution in [0.15, 0.2) is 11.6 Å². The van der Waals surface area contributed by atoms with Crippen LogP contribution in [0.4, 0.5) is 0 Å². The van der Waals surface area contributed by atoms with Gasteiger partial charge < -0.3 is 15.3 Å². The minimum absolute atomic E-state index is 0.116. The zero-order chi connectivity index (χ0) is 21.6. The quantitative estimate of drug-likeness (QED) is 0.646. The van der Waals surface area contributed by atoms with Crippen LogP contribution in [0.5, 0.6) is 0 Å². The lowest BCUT2D eigenvalue weighted by Crippen LogP contribution is -2.59. The molecule has 0 aromatic carbocycles. The number of piperidine rings is 1. The maximum Gasteiger partial charge on any atom is 0.331 e. The number of amides is 2. The standard InChI is InChI=1S/C21H37N3O4/c1-8-15(13-14(2)20(27)28)24(7)19(26)17(21(3,4)5)22-18(25)16-11-9-10-12-23(16)6/h13,15-17H,8-12H2,1-7H3,(H,22,25)(H,27,28)/b14-13+/t15-,16?,17+/m0/s1. The predicted octanol–water partition coefficient (Wildman–Crippen LogP) is 2.27. The molecule has 7 nitrogen and oxygen atoms in total. The summed E-state index contributed by atoms with van der Waals surface area (Å²) in [5, 5.41) is 12.1. The summed E-state index contributed by atoms with van der Waals surface area (Å²) < 4.78 is 0. The van der Waals surface area contributed by atoms with E-state index in [1.807, 2.05) is 39.6 Å². The highest BCUT2D eigenvalue weighted by atomic mass is 16.4. The highest BCUT2D eigenvalue weighted by molar-refractivity contribution is 5.91. The fourth-order valence-corrected chi connectivity index (χ4v) is 3.52. The summed E-state index contributed by atoms with van der Waals surface area (Å²) in [6.07, 6.45) is 5.06. The van der Waals surface area contributed by atoms with Gasteiger partial charge in [-0.2, -0.15) is 0 Å². The van der Waals surface area contributed by atoms with Crippen molar-refractivity contribution in [3.8, 4) is 0 Å². The Hall–Kier alpha value is -1.89. The number of nitrogens with zero attached hydrogens (tertiary/aromatic N) is 2. The number of rotatable bonds is 7. The molecule has 2 amide bonds. The molecule has 0 aromatic rings. The second-order valence-electron chi connectivity index (χ2n) is 8.88. The molecule has 2 N–H and O–H groups in total. The van der Waals surface area contributed by atoms with Crippen LogP contribution in [0, 0.1) is 5.41 Å². The molecule has 28 heavy (non-hydrogen) atoms. The normalized spacial score (nSPS) is 21.0. The van der Waals surface area contributed by atoms with Crippen LogP contribution in [-0.4, -0.2) is 71.5 Å². The van der Waals surface area contributed by atoms with Crippen molar-refractivity contribution in [1.29, 1.82) is 0 Å². The molecule has 1 aliphatic heterocycles. The zero-order valence-electron chi connectivity index (χ0n) is 18.4. The Bertz CT molecular complexity index is 609. The maximum atomic E-state index is 13.3. The highest BCUT2D eigenvalue weighted by Crippen LogP contribution is 2.24. The first-order valence-electron chi connectivity index (χ1n) is 10.1. The molecule has 7 heteroatoms. The smallest absolute Gasteiger partial charge is 0.331 e. The Kier molecular flexibility index (Phi) is 8.67. The summed E-state index contributed by atoms with van der Waals surface area (Å²) in [5.74, 6) is -1.32. The molecule has 0 spiro atoms. The number of nitrogens with one attached hydrogen (secondary N) is 1. The van der Waals surface area contributed by atoms with E-state index in [9.17, 15) is 14.4 Å². The second kappa shape index (κ2) is 10.0. The van der Waals surface area contributed by atoms with E-state index in [4.69, 9.17) is 5.11 Å². The fraction of sp³-hybridized carbons (Fsp3) is 0.762. The van der Waals surface area contributed by atoms with E-state index in [-0.39, 0.29) is 29.5 Å². The Labute approximate surface area is 169 Å². The van der Waals surface area contributed by atoms with E-state index in [1.54, 1.807) is 18.0 Å². The molecule has 1 saturated heterocycles. The molecule has 0 saturated carbocycles. The van der Waals surface area contributed by atoms with Gasteiger partial charge >= 0.3 is 5.97 Å². The van der Waals surface area contributed by atoms with Crippen LogP contribution in [0.2, 0.25) is 0 Å². The van der Waals surface area contributed by atoms with Crippen LogP contribution in [-0.2, 0) is 14.4 Å². The third-order valence-electron chi connectivity index (χ3n) is 5.52. The van der Waals surface area contributed by atoms with Gasteiger partial charge in [0.15, 0.2) is 0 Å². The van der Waals surface area contributed by atoms with E-state index in [2.05, 4.69) is 5.32 Å². The van der Waals surface area contributed by atoms with Crippen molar-refractivity contribution in [2.24, 2.45) is 5.41 Å². The van der Waals surface area contributed by atoms with E-state index in [1.165, 1.54) is 6.92 Å². The minimum Gasteiger partial charge on any atom is -0.478 e. The predicted molar refractivity (Wildman–Crippen MR) is 110 cm³/mol. The van der Waals surface area contributed by atoms with Crippen molar-refractivity contribution in [1.82, 2.24) is 15.1 Å². The average molecular weight is 396 g/mol. The largest absolute Gasteiger partial charge is 0.478 e. The van der Waals surface area contributed by atoms with Crippen LogP contribution < -0.4 is 5.32 Å². The van der Waals surface area contributed by atoms with E-state index >= 15 is 0 Å². The lowest BCUT2D eigenvalue weighted by molar-refractivity contribution is -0.141. The Balaban J connectivity index is 3.02. The summed E-state index contributed by atoms with van der Waals surface area (Å²) in [6.45, 7) is 10.1. The van der Waals surface area contributed by atoms with Crippen LogP contribution in [0.3, 0.4) is 0 Å². The lowest BCUT2D eigenvalue weighted by Gasteiger charge is -2.38. The SMILES string of the molecule is CC[C@@H](/C=C(\C)C(=O)O)N(C)C(=O)[C@@H](NC(=O)C1CCCCN1C)C(C)(C)C. The summed E-state index contributed by atoms with van der Waals surface area (Å²) in [5.41, 5.74) is -0.273. The number of aliphatic carboxylic acids is 1. The molecule has 0 radical (unpaired) electrons.